The topological polar surface area (TPSA) is 20.3 Å². The Morgan fingerprint density at radius 3 is 2.74 bits per heavy atom. The van der Waals surface area contributed by atoms with Gasteiger partial charge in [0.05, 0.1) is 0 Å². The van der Waals surface area contributed by atoms with Gasteiger partial charge in [0, 0.05) is 17.1 Å². The van der Waals surface area contributed by atoms with E-state index in [9.17, 15) is 18.0 Å². The number of alkyl halides is 4. The van der Waals surface area contributed by atoms with Crippen molar-refractivity contribution in [3.63, 3.8) is 0 Å². The summed E-state index contributed by atoms with van der Waals surface area (Å²) in [7, 11) is 0. The first-order chi connectivity index (χ1) is 8.84. The lowest BCUT2D eigenvalue weighted by Gasteiger charge is -2.23. The minimum absolute atomic E-state index is 0.383. The maximum absolute atomic E-state index is 12.6. The number of anilines is 1. The van der Waals surface area contributed by atoms with Gasteiger partial charge in [-0.3, -0.25) is 4.79 Å². The molecule has 19 heavy (non-hydrogen) atoms. The summed E-state index contributed by atoms with van der Waals surface area (Å²) in [5, 5.41) is 0.798. The monoisotopic (exact) mass is 335 g/mol. The molecular weight excluding hydrogens is 323 g/mol. The van der Waals surface area contributed by atoms with Gasteiger partial charge >= 0.3 is 12.1 Å². The van der Waals surface area contributed by atoms with Gasteiger partial charge in [-0.25, -0.2) is 0 Å². The van der Waals surface area contributed by atoms with Crippen LogP contribution in [0, 0.1) is 0 Å². The molecule has 0 N–H and O–H groups in total. The molecule has 1 atom stereocenters. The van der Waals surface area contributed by atoms with E-state index in [2.05, 4.69) is 15.9 Å². The molecule has 0 spiro atoms. The van der Waals surface area contributed by atoms with E-state index in [-0.39, 0.29) is 0 Å². The van der Waals surface area contributed by atoms with Crippen LogP contribution in [0.4, 0.5) is 18.9 Å². The predicted molar refractivity (Wildman–Crippen MR) is 70.6 cm³/mol. The molecule has 104 valence electrons. The standard InChI is InChI=1S/C13H13BrF3NO/c1-8-6-10-7-9(4-5-14)2-3-11(10)18(8)12(19)13(15,16)17/h2-3,7-8H,4-6H2,1H3. The van der Waals surface area contributed by atoms with E-state index in [1.165, 1.54) is 0 Å². The summed E-state index contributed by atoms with van der Waals surface area (Å²) in [5.41, 5.74) is 2.25. The maximum Gasteiger partial charge on any atom is 0.471 e. The second-order valence-corrected chi connectivity index (χ2v) is 5.42. The van der Waals surface area contributed by atoms with Crippen LogP contribution in [0.25, 0.3) is 0 Å². The number of hydrogen-bond donors (Lipinski definition) is 0. The SMILES string of the molecule is CC1Cc2cc(CCBr)ccc2N1C(=O)C(F)(F)F. The number of carbonyl (C=O) groups excluding carboxylic acids is 1. The minimum atomic E-state index is -4.83. The number of aryl methyl sites for hydroxylation is 1. The highest BCUT2D eigenvalue weighted by atomic mass is 79.9. The van der Waals surface area contributed by atoms with Gasteiger partial charge in [-0.15, -0.1) is 0 Å². The first-order valence-corrected chi connectivity index (χ1v) is 7.05. The molecule has 1 aromatic rings. The fourth-order valence-electron chi connectivity index (χ4n) is 2.40. The van der Waals surface area contributed by atoms with Crippen molar-refractivity contribution in [2.24, 2.45) is 0 Å². The summed E-state index contributed by atoms with van der Waals surface area (Å²) in [6, 6.07) is 4.81. The van der Waals surface area contributed by atoms with Crippen molar-refractivity contribution in [1.29, 1.82) is 0 Å². The van der Waals surface area contributed by atoms with Crippen LogP contribution >= 0.6 is 15.9 Å². The largest absolute Gasteiger partial charge is 0.471 e. The Morgan fingerprint density at radius 2 is 2.16 bits per heavy atom. The Kier molecular flexibility index (Phi) is 3.90. The van der Waals surface area contributed by atoms with E-state index in [4.69, 9.17) is 0 Å². The van der Waals surface area contributed by atoms with Crippen molar-refractivity contribution >= 4 is 27.5 Å². The summed E-state index contributed by atoms with van der Waals surface area (Å²) in [4.78, 5) is 12.3. The third-order valence-electron chi connectivity index (χ3n) is 3.20. The second-order valence-electron chi connectivity index (χ2n) is 4.63. The third-order valence-corrected chi connectivity index (χ3v) is 3.60. The third kappa shape index (κ3) is 2.78. The van der Waals surface area contributed by atoms with Crippen LogP contribution in [0.15, 0.2) is 18.2 Å². The number of amides is 1. The van der Waals surface area contributed by atoms with Crippen molar-refractivity contribution in [2.75, 3.05) is 10.2 Å². The zero-order valence-electron chi connectivity index (χ0n) is 10.3. The zero-order valence-corrected chi connectivity index (χ0v) is 11.9. The van der Waals surface area contributed by atoms with Gasteiger partial charge in [0.25, 0.3) is 0 Å². The van der Waals surface area contributed by atoms with Crippen molar-refractivity contribution < 1.29 is 18.0 Å². The Hall–Kier alpha value is -1.04. The lowest BCUT2D eigenvalue weighted by Crippen LogP contribution is -2.44. The molecule has 0 saturated carbocycles. The Labute approximate surface area is 117 Å². The summed E-state index contributed by atoms with van der Waals surface area (Å²) in [5.74, 6) is -1.79. The highest BCUT2D eigenvalue weighted by molar-refractivity contribution is 9.09. The highest BCUT2D eigenvalue weighted by Gasteiger charge is 2.46. The molecule has 2 nitrogen and oxygen atoms in total. The van der Waals surface area contributed by atoms with Crippen LogP contribution in [0.2, 0.25) is 0 Å². The number of rotatable bonds is 2. The minimum Gasteiger partial charge on any atom is -0.301 e. The number of benzene rings is 1. The molecule has 1 aliphatic heterocycles. The van der Waals surface area contributed by atoms with E-state index >= 15 is 0 Å². The van der Waals surface area contributed by atoms with Crippen LogP contribution < -0.4 is 4.90 Å². The molecule has 0 bridgehead atoms. The molecule has 6 heteroatoms. The van der Waals surface area contributed by atoms with Gasteiger partial charge in [-0.1, -0.05) is 28.1 Å². The molecule has 1 heterocycles. The van der Waals surface area contributed by atoms with E-state index in [0.717, 1.165) is 27.8 Å². The molecule has 1 aliphatic rings. The van der Waals surface area contributed by atoms with Crippen molar-refractivity contribution in [3.05, 3.63) is 29.3 Å². The van der Waals surface area contributed by atoms with Crippen LogP contribution in [0.3, 0.4) is 0 Å². The molecule has 0 aliphatic carbocycles. The van der Waals surface area contributed by atoms with E-state index < -0.39 is 18.1 Å². The van der Waals surface area contributed by atoms with Crippen molar-refractivity contribution in [1.82, 2.24) is 0 Å². The van der Waals surface area contributed by atoms with Crippen molar-refractivity contribution in [2.45, 2.75) is 32.0 Å². The van der Waals surface area contributed by atoms with Crippen molar-refractivity contribution in [3.8, 4) is 0 Å². The molecule has 1 unspecified atom stereocenters. The van der Waals surface area contributed by atoms with Crippen LogP contribution in [-0.4, -0.2) is 23.5 Å². The lowest BCUT2D eigenvalue weighted by molar-refractivity contribution is -0.170. The zero-order chi connectivity index (χ0) is 14.2. The number of hydrogen-bond acceptors (Lipinski definition) is 1. The Balaban J connectivity index is 2.35. The molecule has 1 aromatic carbocycles. The second kappa shape index (κ2) is 5.15. The molecule has 1 amide bonds. The van der Waals surface area contributed by atoms with Gasteiger partial charge in [0.15, 0.2) is 0 Å². The normalized spacial score (nSPS) is 18.6. The summed E-state index contributed by atoms with van der Waals surface area (Å²) in [6.07, 6.45) is -3.55. The summed E-state index contributed by atoms with van der Waals surface area (Å²) < 4.78 is 37.7. The summed E-state index contributed by atoms with van der Waals surface area (Å²) >= 11 is 3.33. The predicted octanol–water partition coefficient (Wildman–Crippen LogP) is 3.46. The number of fused-ring (bicyclic) bond motifs is 1. The number of carbonyl (C=O) groups is 1. The first kappa shape index (κ1) is 14.4. The first-order valence-electron chi connectivity index (χ1n) is 5.92. The lowest BCUT2D eigenvalue weighted by atomic mass is 10.1. The Morgan fingerprint density at radius 1 is 1.47 bits per heavy atom. The fourth-order valence-corrected chi connectivity index (χ4v) is 2.85. The van der Waals surface area contributed by atoms with Gasteiger partial charge in [0.2, 0.25) is 0 Å². The van der Waals surface area contributed by atoms with Gasteiger partial charge in [0.1, 0.15) is 0 Å². The van der Waals surface area contributed by atoms with Gasteiger partial charge in [-0.05, 0) is 37.0 Å². The van der Waals surface area contributed by atoms with E-state index in [0.29, 0.717) is 12.1 Å². The molecule has 2 rings (SSSR count). The molecule has 0 aromatic heterocycles. The molecule has 0 saturated heterocycles. The average Bonchev–Trinajstić information content (AvgIpc) is 2.62. The van der Waals surface area contributed by atoms with Gasteiger partial charge in [-0.2, -0.15) is 13.2 Å². The van der Waals surface area contributed by atoms with Crippen LogP contribution in [-0.2, 0) is 17.6 Å². The van der Waals surface area contributed by atoms with E-state index in [1.807, 2.05) is 6.07 Å². The number of halogens is 4. The molecular formula is C13H13BrF3NO. The summed E-state index contributed by atoms with van der Waals surface area (Å²) in [6.45, 7) is 1.63. The highest BCUT2D eigenvalue weighted by Crippen LogP contribution is 2.36. The van der Waals surface area contributed by atoms with Gasteiger partial charge < -0.3 is 4.90 Å². The Bertz CT molecular complexity index is 501. The number of nitrogens with zero attached hydrogens (tertiary/aromatic N) is 1. The van der Waals surface area contributed by atoms with Crippen LogP contribution in [0.5, 0.6) is 0 Å². The molecule has 0 radical (unpaired) electrons. The quantitative estimate of drug-likeness (QED) is 0.758. The fraction of sp³-hybridized carbons (Fsp3) is 0.462. The maximum atomic E-state index is 12.6. The molecule has 0 fully saturated rings. The smallest absolute Gasteiger partial charge is 0.301 e. The average molecular weight is 336 g/mol. The van der Waals surface area contributed by atoms with E-state index in [1.54, 1.807) is 19.1 Å². The van der Waals surface area contributed by atoms with Crippen LogP contribution in [0.1, 0.15) is 18.1 Å².